The molecule has 0 aliphatic carbocycles. The number of aryl methyl sites for hydroxylation is 2. The van der Waals surface area contributed by atoms with Gasteiger partial charge in [0, 0.05) is 30.4 Å². The zero-order valence-corrected chi connectivity index (χ0v) is 16.5. The van der Waals surface area contributed by atoms with Crippen LogP contribution in [0.1, 0.15) is 43.3 Å². The van der Waals surface area contributed by atoms with Gasteiger partial charge in [0.15, 0.2) is 5.96 Å². The van der Waals surface area contributed by atoms with Crippen molar-refractivity contribution in [2.75, 3.05) is 13.6 Å². The van der Waals surface area contributed by atoms with Crippen molar-refractivity contribution < 1.29 is 0 Å². The Balaban J connectivity index is 0.00000361. The summed E-state index contributed by atoms with van der Waals surface area (Å²) >= 11 is 1.80. The van der Waals surface area contributed by atoms with E-state index in [1.165, 1.54) is 15.6 Å². The minimum absolute atomic E-state index is 0. The van der Waals surface area contributed by atoms with Crippen molar-refractivity contribution in [1.29, 1.82) is 0 Å². The Bertz CT molecular complexity index is 435. The standard InChI is InChI=1S/C14H26N4S.HI/c1-7-11-10(2)19-12(17-11)8-9-16-13(15-6)18-14(3,4)5;/h7-9H2,1-6H3,(H2,15,16,18);1H. The summed E-state index contributed by atoms with van der Waals surface area (Å²) in [6, 6.07) is 0. The molecule has 4 nitrogen and oxygen atoms in total. The third-order valence-electron chi connectivity index (χ3n) is 2.62. The fourth-order valence-corrected chi connectivity index (χ4v) is 2.77. The van der Waals surface area contributed by atoms with Crippen LogP contribution in [-0.2, 0) is 12.8 Å². The zero-order chi connectivity index (χ0) is 14.5. The van der Waals surface area contributed by atoms with E-state index in [4.69, 9.17) is 0 Å². The Hall–Kier alpha value is -0.370. The molecule has 116 valence electrons. The van der Waals surface area contributed by atoms with Crippen LogP contribution in [0.4, 0.5) is 0 Å². The van der Waals surface area contributed by atoms with Crippen LogP contribution in [0, 0.1) is 6.92 Å². The Labute approximate surface area is 143 Å². The molecule has 6 heteroatoms. The van der Waals surface area contributed by atoms with Gasteiger partial charge in [-0.1, -0.05) is 6.92 Å². The minimum Gasteiger partial charge on any atom is -0.356 e. The van der Waals surface area contributed by atoms with Crippen molar-refractivity contribution in [1.82, 2.24) is 15.6 Å². The van der Waals surface area contributed by atoms with E-state index in [1.807, 2.05) is 0 Å². The average Bonchev–Trinajstić information content (AvgIpc) is 2.67. The predicted molar refractivity (Wildman–Crippen MR) is 99.6 cm³/mol. The van der Waals surface area contributed by atoms with Crippen LogP contribution < -0.4 is 10.6 Å². The van der Waals surface area contributed by atoms with Crippen molar-refractivity contribution in [3.63, 3.8) is 0 Å². The summed E-state index contributed by atoms with van der Waals surface area (Å²) in [6.45, 7) is 11.5. The van der Waals surface area contributed by atoms with Gasteiger partial charge in [0.2, 0.25) is 0 Å². The lowest BCUT2D eigenvalue weighted by molar-refractivity contribution is 0.501. The molecule has 0 saturated carbocycles. The third-order valence-corrected chi connectivity index (χ3v) is 3.69. The van der Waals surface area contributed by atoms with Gasteiger partial charge in [-0.2, -0.15) is 0 Å². The monoisotopic (exact) mass is 410 g/mol. The highest BCUT2D eigenvalue weighted by atomic mass is 127. The third kappa shape index (κ3) is 6.88. The molecule has 0 aliphatic rings. The molecule has 0 aliphatic heterocycles. The number of rotatable bonds is 4. The summed E-state index contributed by atoms with van der Waals surface area (Å²) in [5.74, 6) is 0.844. The van der Waals surface area contributed by atoms with Crippen molar-refractivity contribution in [2.24, 2.45) is 4.99 Å². The molecule has 20 heavy (non-hydrogen) atoms. The van der Waals surface area contributed by atoms with Crippen molar-refractivity contribution in [3.05, 3.63) is 15.6 Å². The first kappa shape index (κ1) is 19.6. The fourth-order valence-electron chi connectivity index (χ4n) is 1.74. The molecule has 1 heterocycles. The SMILES string of the molecule is CCc1nc(CCNC(=NC)NC(C)(C)C)sc1C.I. The van der Waals surface area contributed by atoms with Gasteiger partial charge < -0.3 is 10.6 Å². The molecule has 0 fully saturated rings. The largest absolute Gasteiger partial charge is 0.356 e. The molecule has 2 N–H and O–H groups in total. The molecular formula is C14H27IN4S. The Kier molecular flexibility index (Phi) is 8.65. The van der Waals surface area contributed by atoms with Crippen LogP contribution in [0.15, 0.2) is 4.99 Å². The molecule has 0 saturated heterocycles. The van der Waals surface area contributed by atoms with Gasteiger partial charge in [0.1, 0.15) is 0 Å². The highest BCUT2D eigenvalue weighted by Crippen LogP contribution is 2.17. The summed E-state index contributed by atoms with van der Waals surface area (Å²) < 4.78 is 0. The van der Waals surface area contributed by atoms with E-state index in [0.29, 0.717) is 0 Å². The number of halogens is 1. The molecule has 0 aromatic carbocycles. The molecule has 0 spiro atoms. The maximum atomic E-state index is 4.64. The second kappa shape index (κ2) is 8.81. The Morgan fingerprint density at radius 2 is 2.00 bits per heavy atom. The number of hydrogen-bond acceptors (Lipinski definition) is 3. The van der Waals surface area contributed by atoms with Gasteiger partial charge in [-0.15, -0.1) is 35.3 Å². The lowest BCUT2D eigenvalue weighted by atomic mass is 10.1. The number of nitrogens with one attached hydrogen (secondary N) is 2. The molecule has 1 aromatic rings. The molecule has 0 atom stereocenters. The highest BCUT2D eigenvalue weighted by molar-refractivity contribution is 14.0. The second-order valence-corrected chi connectivity index (χ2v) is 6.88. The molecule has 0 amide bonds. The van der Waals surface area contributed by atoms with Gasteiger partial charge >= 0.3 is 0 Å². The predicted octanol–water partition coefficient (Wildman–Crippen LogP) is 3.14. The lowest BCUT2D eigenvalue weighted by Crippen LogP contribution is -2.48. The molecule has 1 aromatic heterocycles. The van der Waals surface area contributed by atoms with Crippen LogP contribution in [0.2, 0.25) is 0 Å². The van der Waals surface area contributed by atoms with Crippen molar-refractivity contribution in [3.8, 4) is 0 Å². The first-order valence-corrected chi connectivity index (χ1v) is 7.61. The fraction of sp³-hybridized carbons (Fsp3) is 0.714. The van der Waals surface area contributed by atoms with Gasteiger partial charge in [-0.3, -0.25) is 4.99 Å². The molecular weight excluding hydrogens is 383 g/mol. The second-order valence-electron chi connectivity index (χ2n) is 5.59. The average molecular weight is 410 g/mol. The maximum Gasteiger partial charge on any atom is 0.191 e. The van der Waals surface area contributed by atoms with E-state index >= 15 is 0 Å². The molecule has 1 rings (SSSR count). The first-order chi connectivity index (χ1) is 8.85. The summed E-state index contributed by atoms with van der Waals surface area (Å²) in [4.78, 5) is 10.2. The number of aliphatic imine (C=N–C) groups is 1. The van der Waals surface area contributed by atoms with E-state index in [1.54, 1.807) is 18.4 Å². The van der Waals surface area contributed by atoms with Crippen LogP contribution >= 0.6 is 35.3 Å². The molecule has 0 unspecified atom stereocenters. The lowest BCUT2D eigenvalue weighted by Gasteiger charge is -2.23. The number of nitrogens with zero attached hydrogens (tertiary/aromatic N) is 2. The van der Waals surface area contributed by atoms with Crippen molar-refractivity contribution >= 4 is 41.3 Å². The number of aromatic nitrogens is 1. The van der Waals surface area contributed by atoms with Gasteiger partial charge in [0.25, 0.3) is 0 Å². The van der Waals surface area contributed by atoms with Gasteiger partial charge in [-0.25, -0.2) is 4.98 Å². The van der Waals surface area contributed by atoms with Crippen LogP contribution in [0.25, 0.3) is 0 Å². The van der Waals surface area contributed by atoms with Crippen LogP contribution in [0.3, 0.4) is 0 Å². The smallest absolute Gasteiger partial charge is 0.191 e. The Morgan fingerprint density at radius 3 is 2.45 bits per heavy atom. The summed E-state index contributed by atoms with van der Waals surface area (Å²) in [5.41, 5.74) is 1.26. The summed E-state index contributed by atoms with van der Waals surface area (Å²) in [5, 5.41) is 7.87. The molecule has 0 radical (unpaired) electrons. The Morgan fingerprint density at radius 1 is 1.35 bits per heavy atom. The number of guanidine groups is 1. The number of hydrogen-bond donors (Lipinski definition) is 2. The molecule has 0 bridgehead atoms. The summed E-state index contributed by atoms with van der Waals surface area (Å²) in [6.07, 6.45) is 1.96. The maximum absolute atomic E-state index is 4.64. The van der Waals surface area contributed by atoms with E-state index in [2.05, 4.69) is 55.2 Å². The topological polar surface area (TPSA) is 49.3 Å². The minimum atomic E-state index is 0. The normalized spacial score (nSPS) is 12.0. The quantitative estimate of drug-likeness (QED) is 0.456. The highest BCUT2D eigenvalue weighted by Gasteiger charge is 2.11. The van der Waals surface area contributed by atoms with Crippen molar-refractivity contribution in [2.45, 2.75) is 53.0 Å². The zero-order valence-electron chi connectivity index (χ0n) is 13.3. The van der Waals surface area contributed by atoms with Crippen LogP contribution in [-0.4, -0.2) is 30.1 Å². The number of thiazole rings is 1. The van der Waals surface area contributed by atoms with E-state index in [9.17, 15) is 0 Å². The van der Waals surface area contributed by atoms with Gasteiger partial charge in [0.05, 0.1) is 10.7 Å². The van der Waals surface area contributed by atoms with E-state index < -0.39 is 0 Å². The summed E-state index contributed by atoms with van der Waals surface area (Å²) in [7, 11) is 1.80. The van der Waals surface area contributed by atoms with Crippen LogP contribution in [0.5, 0.6) is 0 Å². The van der Waals surface area contributed by atoms with E-state index in [-0.39, 0.29) is 29.5 Å². The van der Waals surface area contributed by atoms with E-state index in [0.717, 1.165) is 25.3 Å². The van der Waals surface area contributed by atoms with Gasteiger partial charge in [-0.05, 0) is 34.1 Å². The first-order valence-electron chi connectivity index (χ1n) is 6.79.